The van der Waals surface area contributed by atoms with Crippen molar-refractivity contribution < 1.29 is 0 Å². The third-order valence-corrected chi connectivity index (χ3v) is 8.28. The molecule has 0 saturated carbocycles. The van der Waals surface area contributed by atoms with Crippen LogP contribution >= 0.6 is 6.49 Å². The molecule has 24 heavy (non-hydrogen) atoms. The second-order valence-electron chi connectivity index (χ2n) is 5.72. The highest BCUT2D eigenvalue weighted by molar-refractivity contribution is 8.11. The van der Waals surface area contributed by atoms with Crippen molar-refractivity contribution >= 4 is 29.8 Å². The second-order valence-corrected chi connectivity index (χ2v) is 9.69. The van der Waals surface area contributed by atoms with E-state index < -0.39 is 6.49 Å². The number of para-hydroxylation sites is 1. The summed E-state index contributed by atoms with van der Waals surface area (Å²) in [5, 5.41) is 12.5. The van der Waals surface area contributed by atoms with E-state index in [0.717, 1.165) is 17.1 Å². The van der Waals surface area contributed by atoms with Crippen LogP contribution in [-0.2, 0) is 11.8 Å². The zero-order chi connectivity index (χ0) is 16.7. The number of hydrogen-bond donors (Lipinski definition) is 1. The van der Waals surface area contributed by atoms with Crippen molar-refractivity contribution in [1.82, 2.24) is 19.8 Å². The number of hydrogen-bond acceptors (Lipinski definition) is 4. The Morgan fingerprint density at radius 3 is 2.29 bits per heavy atom. The summed E-state index contributed by atoms with van der Waals surface area (Å²) in [6.45, 7) is -1.57. The van der Waals surface area contributed by atoms with Crippen molar-refractivity contribution in [3.8, 4) is 0 Å². The van der Waals surface area contributed by atoms with Gasteiger partial charge in [-0.15, -0.1) is 0 Å². The van der Waals surface area contributed by atoms with Crippen LogP contribution < -0.4 is 10.2 Å². The summed E-state index contributed by atoms with van der Waals surface area (Å²) in [6, 6.07) is 20.5. The number of rotatable bonds is 2. The summed E-state index contributed by atoms with van der Waals surface area (Å²) >= 11 is 5.97. The number of amidine groups is 1. The summed E-state index contributed by atoms with van der Waals surface area (Å²) in [7, 11) is 3.98. The lowest BCUT2D eigenvalue weighted by Gasteiger charge is -2.55. The maximum Gasteiger partial charge on any atom is 0.217 e. The molecule has 2 aliphatic heterocycles. The largest absolute Gasteiger partial charge is 0.281 e. The minimum absolute atomic E-state index is 0.639. The van der Waals surface area contributed by atoms with Crippen LogP contribution in [0.1, 0.15) is 5.56 Å². The minimum Gasteiger partial charge on any atom is -0.281 e. The molecule has 1 saturated heterocycles. The monoisotopic (exact) mass is 358 g/mol. The normalized spacial score (nSPS) is 24.1. The molecule has 1 unspecified atom stereocenters. The number of nitrogens with zero attached hydrogens (tertiary/aromatic N) is 5. The number of hydrazine groups is 2. The van der Waals surface area contributed by atoms with E-state index in [1.165, 1.54) is 0 Å². The molecule has 2 aliphatic rings. The van der Waals surface area contributed by atoms with E-state index in [1.807, 2.05) is 55.3 Å². The van der Waals surface area contributed by atoms with Crippen molar-refractivity contribution in [2.75, 3.05) is 25.8 Å². The molecule has 6 nitrogen and oxygen atoms in total. The van der Waals surface area contributed by atoms with E-state index in [0.29, 0.717) is 6.67 Å². The topological polar surface area (TPSA) is 37.4 Å². The van der Waals surface area contributed by atoms with E-state index in [-0.39, 0.29) is 0 Å². The fourth-order valence-corrected chi connectivity index (χ4v) is 5.31. The van der Waals surface area contributed by atoms with Crippen LogP contribution in [0.5, 0.6) is 0 Å². The smallest absolute Gasteiger partial charge is 0.217 e. The van der Waals surface area contributed by atoms with Crippen LogP contribution in [0.3, 0.4) is 0 Å². The highest BCUT2D eigenvalue weighted by Gasteiger charge is 2.44. The Morgan fingerprint density at radius 1 is 1.00 bits per heavy atom. The standard InChI is InChI=1S/C16H19N6PS/c1-19-17-16(14-9-5-3-6-10-14)22-13-21(15-11-7-4-8-12-15)18-23(19,24)20(22)2/h3-12H,13H2,1-2H3,(H,18,24). The third-order valence-electron chi connectivity index (χ3n) is 4.24. The molecule has 2 heterocycles. The van der Waals surface area contributed by atoms with Gasteiger partial charge >= 0.3 is 0 Å². The lowest BCUT2D eigenvalue weighted by molar-refractivity contribution is 0.139. The van der Waals surface area contributed by atoms with Gasteiger partial charge in [0.05, 0.1) is 5.69 Å². The number of anilines is 1. The molecule has 0 aromatic heterocycles. The first kappa shape index (κ1) is 15.6. The predicted octanol–water partition coefficient (Wildman–Crippen LogP) is 2.65. The Labute approximate surface area is 147 Å². The lowest BCUT2D eigenvalue weighted by atomic mass is 10.2. The van der Waals surface area contributed by atoms with Crippen molar-refractivity contribution in [2.45, 2.75) is 0 Å². The van der Waals surface area contributed by atoms with Crippen LogP contribution in [0.25, 0.3) is 0 Å². The van der Waals surface area contributed by atoms with Gasteiger partial charge in [0.25, 0.3) is 0 Å². The highest BCUT2D eigenvalue weighted by atomic mass is 32.4. The highest BCUT2D eigenvalue weighted by Crippen LogP contribution is 2.54. The summed E-state index contributed by atoms with van der Waals surface area (Å²) in [4.78, 5) is 0. The van der Waals surface area contributed by atoms with Gasteiger partial charge in [-0.1, -0.05) is 48.5 Å². The van der Waals surface area contributed by atoms with Gasteiger partial charge in [0.15, 0.2) is 5.84 Å². The molecule has 8 heteroatoms. The maximum absolute atomic E-state index is 5.97. The average molecular weight is 358 g/mol. The summed E-state index contributed by atoms with van der Waals surface area (Å²) in [5.41, 5.74) is 2.17. The lowest BCUT2D eigenvalue weighted by Crippen LogP contribution is -2.63. The van der Waals surface area contributed by atoms with E-state index in [2.05, 4.69) is 44.3 Å². The molecule has 4 rings (SSSR count). The van der Waals surface area contributed by atoms with Gasteiger partial charge in [-0.3, -0.25) is 10.0 Å². The van der Waals surface area contributed by atoms with Crippen molar-refractivity contribution in [1.29, 1.82) is 0 Å². The van der Waals surface area contributed by atoms with Crippen molar-refractivity contribution in [3.63, 3.8) is 0 Å². The third kappa shape index (κ3) is 2.41. The molecule has 0 amide bonds. The Hall–Kier alpha value is -1.92. The molecule has 1 atom stereocenters. The summed E-state index contributed by atoms with van der Waals surface area (Å²) in [6.07, 6.45) is 0. The zero-order valence-electron chi connectivity index (χ0n) is 13.6. The maximum atomic E-state index is 5.97. The van der Waals surface area contributed by atoms with Crippen LogP contribution in [-0.4, -0.2) is 41.2 Å². The molecule has 124 valence electrons. The van der Waals surface area contributed by atoms with Crippen LogP contribution in [0, 0.1) is 0 Å². The molecule has 1 fully saturated rings. The molecular weight excluding hydrogens is 339 g/mol. The summed E-state index contributed by atoms with van der Waals surface area (Å²) in [5.74, 6) is 0.906. The van der Waals surface area contributed by atoms with Gasteiger partial charge in [0.2, 0.25) is 6.49 Å². The van der Waals surface area contributed by atoms with E-state index in [9.17, 15) is 0 Å². The summed E-state index contributed by atoms with van der Waals surface area (Å²) < 4.78 is 4.02. The van der Waals surface area contributed by atoms with Gasteiger partial charge in [0, 0.05) is 19.7 Å². The first-order valence-corrected chi connectivity index (χ1v) is 10.4. The molecule has 2 bridgehead atoms. The number of fused-ring (bicyclic) bond motifs is 2. The number of hydrazone groups is 1. The van der Waals surface area contributed by atoms with Crippen LogP contribution in [0.2, 0.25) is 0 Å². The first-order valence-electron chi connectivity index (χ1n) is 7.70. The molecular formula is C16H19N6PS. The average Bonchev–Trinajstić information content (AvgIpc) is 2.62. The van der Waals surface area contributed by atoms with E-state index in [4.69, 9.17) is 16.9 Å². The van der Waals surface area contributed by atoms with Crippen LogP contribution in [0.15, 0.2) is 65.8 Å². The Balaban J connectivity index is 1.78. The van der Waals surface area contributed by atoms with E-state index in [1.54, 1.807) is 0 Å². The molecule has 2 aromatic carbocycles. The molecule has 0 radical (unpaired) electrons. The van der Waals surface area contributed by atoms with Crippen molar-refractivity contribution in [3.05, 3.63) is 66.2 Å². The molecule has 0 spiro atoms. The quantitative estimate of drug-likeness (QED) is 0.832. The molecule has 1 N–H and O–H groups in total. The SMILES string of the molecule is CN1N=C(c2ccccc2)N2CN(c3ccccc3)NP1(=S)N2C. The van der Waals surface area contributed by atoms with E-state index >= 15 is 0 Å². The van der Waals surface area contributed by atoms with Gasteiger partial charge in [-0.2, -0.15) is 15.1 Å². The van der Waals surface area contributed by atoms with Gasteiger partial charge < -0.3 is 0 Å². The van der Waals surface area contributed by atoms with Crippen LogP contribution in [0.4, 0.5) is 5.69 Å². The molecule has 0 aliphatic carbocycles. The van der Waals surface area contributed by atoms with Crippen molar-refractivity contribution in [2.24, 2.45) is 5.10 Å². The fourth-order valence-electron chi connectivity index (χ4n) is 2.87. The Morgan fingerprint density at radius 2 is 1.62 bits per heavy atom. The van der Waals surface area contributed by atoms with Gasteiger partial charge in [-0.25, -0.2) is 4.78 Å². The van der Waals surface area contributed by atoms with Gasteiger partial charge in [-0.05, 0) is 23.9 Å². The first-order chi connectivity index (χ1) is 11.6. The number of benzene rings is 2. The zero-order valence-corrected chi connectivity index (χ0v) is 15.3. The van der Waals surface area contributed by atoms with Gasteiger partial charge in [0.1, 0.15) is 6.67 Å². The minimum atomic E-state index is -2.21. The Kier molecular flexibility index (Phi) is 3.81. The molecule has 2 aromatic rings. The second kappa shape index (κ2) is 5.86. The predicted molar refractivity (Wildman–Crippen MR) is 102 cm³/mol. The Bertz CT molecular complexity index is 812. The number of nitrogens with one attached hydrogen (secondary N) is 1. The fraction of sp³-hybridized carbons (Fsp3) is 0.188.